The summed E-state index contributed by atoms with van der Waals surface area (Å²) < 4.78 is 6.25. The van der Waals surface area contributed by atoms with Gasteiger partial charge in [-0.3, -0.25) is 0 Å². The van der Waals surface area contributed by atoms with E-state index in [2.05, 4.69) is 64.2 Å². The zero-order valence-electron chi connectivity index (χ0n) is 14.9. The van der Waals surface area contributed by atoms with Crippen LogP contribution in [0.25, 0.3) is 10.8 Å². The maximum absolute atomic E-state index is 9.63. The molecule has 0 spiro atoms. The van der Waals surface area contributed by atoms with Gasteiger partial charge in [0, 0.05) is 6.61 Å². The topological polar surface area (TPSA) is 33.0 Å². The minimum Gasteiger partial charge on any atom is -0.417 e. The Morgan fingerprint density at radius 3 is 2.39 bits per heavy atom. The summed E-state index contributed by atoms with van der Waals surface area (Å²) in [6, 6.07) is 16.9. The van der Waals surface area contributed by atoms with E-state index in [-0.39, 0.29) is 11.0 Å². The molecule has 2 aromatic rings. The largest absolute Gasteiger partial charge is 0.417 e. The number of nitriles is 1. The average Bonchev–Trinajstić information content (AvgIpc) is 2.50. The molecule has 2 rings (SSSR count). The van der Waals surface area contributed by atoms with Crippen molar-refractivity contribution in [3.8, 4) is 6.07 Å². The van der Waals surface area contributed by atoms with Crippen LogP contribution >= 0.6 is 0 Å². The summed E-state index contributed by atoms with van der Waals surface area (Å²) >= 11 is 0. The Labute approximate surface area is 141 Å². The van der Waals surface area contributed by atoms with Crippen LogP contribution in [0.1, 0.15) is 38.7 Å². The molecule has 1 atom stereocenters. The smallest absolute Gasteiger partial charge is 0.191 e. The fraction of sp³-hybridized carbons (Fsp3) is 0.450. The van der Waals surface area contributed by atoms with Crippen molar-refractivity contribution in [1.82, 2.24) is 0 Å². The maximum Gasteiger partial charge on any atom is 0.191 e. The second kappa shape index (κ2) is 6.86. The Morgan fingerprint density at radius 1 is 1.09 bits per heavy atom. The van der Waals surface area contributed by atoms with Gasteiger partial charge in [0.25, 0.3) is 0 Å². The maximum atomic E-state index is 9.63. The Kier molecular flexibility index (Phi) is 5.29. The summed E-state index contributed by atoms with van der Waals surface area (Å²) in [6.45, 7) is 11.9. The van der Waals surface area contributed by atoms with Crippen LogP contribution in [-0.2, 0) is 4.43 Å². The molecule has 0 fully saturated rings. The van der Waals surface area contributed by atoms with E-state index in [1.54, 1.807) is 0 Å². The molecule has 0 aliphatic carbocycles. The molecule has 0 amide bonds. The average molecular weight is 326 g/mol. The van der Waals surface area contributed by atoms with E-state index < -0.39 is 8.32 Å². The van der Waals surface area contributed by atoms with Gasteiger partial charge in [0.2, 0.25) is 0 Å². The summed E-state index contributed by atoms with van der Waals surface area (Å²) in [6.07, 6.45) is 0.747. The van der Waals surface area contributed by atoms with Crippen LogP contribution < -0.4 is 0 Å². The van der Waals surface area contributed by atoms with Crippen molar-refractivity contribution >= 4 is 19.1 Å². The number of hydrogen-bond acceptors (Lipinski definition) is 2. The normalized spacial score (nSPS) is 13.7. The molecule has 122 valence electrons. The molecule has 0 saturated carbocycles. The van der Waals surface area contributed by atoms with E-state index in [1.807, 2.05) is 18.2 Å². The Morgan fingerprint density at radius 2 is 1.74 bits per heavy atom. The van der Waals surface area contributed by atoms with E-state index >= 15 is 0 Å². The quantitative estimate of drug-likeness (QED) is 0.645. The molecule has 2 nitrogen and oxygen atoms in total. The molecule has 0 heterocycles. The third-order valence-electron chi connectivity index (χ3n) is 5.03. The first-order valence-electron chi connectivity index (χ1n) is 8.27. The number of benzene rings is 2. The third-order valence-corrected chi connectivity index (χ3v) is 9.57. The molecule has 3 heteroatoms. The first kappa shape index (κ1) is 17.7. The van der Waals surface area contributed by atoms with Crippen LogP contribution in [0.15, 0.2) is 42.5 Å². The molecule has 0 radical (unpaired) electrons. The monoisotopic (exact) mass is 325 g/mol. The molecular weight excluding hydrogens is 298 g/mol. The fourth-order valence-corrected chi connectivity index (χ4v) is 3.55. The van der Waals surface area contributed by atoms with Gasteiger partial charge in [0.05, 0.1) is 12.0 Å². The van der Waals surface area contributed by atoms with E-state index in [0.717, 1.165) is 12.0 Å². The molecular formula is C20H27NOSi. The minimum atomic E-state index is -1.75. The Balaban J connectivity index is 2.14. The van der Waals surface area contributed by atoms with E-state index in [0.29, 0.717) is 6.61 Å². The second-order valence-corrected chi connectivity index (χ2v) is 12.5. The van der Waals surface area contributed by atoms with Gasteiger partial charge in [-0.1, -0.05) is 63.2 Å². The van der Waals surface area contributed by atoms with E-state index in [4.69, 9.17) is 4.43 Å². The van der Waals surface area contributed by atoms with Gasteiger partial charge < -0.3 is 4.43 Å². The molecule has 23 heavy (non-hydrogen) atoms. The highest BCUT2D eigenvalue weighted by molar-refractivity contribution is 6.74. The van der Waals surface area contributed by atoms with Crippen molar-refractivity contribution in [3.05, 3.63) is 48.0 Å². The number of rotatable bonds is 5. The van der Waals surface area contributed by atoms with Gasteiger partial charge in [0.15, 0.2) is 8.32 Å². The molecule has 0 saturated heterocycles. The molecule has 0 bridgehead atoms. The zero-order valence-corrected chi connectivity index (χ0v) is 15.9. The zero-order chi connectivity index (χ0) is 17.1. The van der Waals surface area contributed by atoms with Crippen molar-refractivity contribution < 1.29 is 4.43 Å². The molecule has 0 aliphatic rings. The lowest BCUT2D eigenvalue weighted by molar-refractivity contribution is 0.278. The Bertz CT molecular complexity index is 704. The number of nitrogens with zero attached hydrogens (tertiary/aromatic N) is 1. The molecule has 2 aromatic carbocycles. The van der Waals surface area contributed by atoms with Crippen molar-refractivity contribution in [3.63, 3.8) is 0 Å². The lowest BCUT2D eigenvalue weighted by atomic mass is 9.92. The number of fused-ring (bicyclic) bond motifs is 1. The summed E-state index contributed by atoms with van der Waals surface area (Å²) in [5.74, 6) is -0.120. The fourth-order valence-electron chi connectivity index (χ4n) is 2.49. The molecule has 0 aliphatic heterocycles. The summed E-state index contributed by atoms with van der Waals surface area (Å²) in [4.78, 5) is 0. The van der Waals surface area contributed by atoms with Crippen molar-refractivity contribution in [2.75, 3.05) is 6.61 Å². The van der Waals surface area contributed by atoms with Gasteiger partial charge >= 0.3 is 0 Å². The van der Waals surface area contributed by atoms with Crippen LogP contribution in [0.5, 0.6) is 0 Å². The van der Waals surface area contributed by atoms with Gasteiger partial charge in [-0.05, 0) is 40.9 Å². The summed E-state index contributed by atoms with van der Waals surface area (Å²) in [7, 11) is -1.75. The first-order valence-corrected chi connectivity index (χ1v) is 11.2. The number of hydrogen-bond donors (Lipinski definition) is 0. The highest BCUT2D eigenvalue weighted by Crippen LogP contribution is 2.37. The standard InChI is InChI=1S/C20H27NOSi/c1-20(2,3)23(4,5)22-14-13-17(15-21)19-12-8-10-16-9-6-7-11-18(16)19/h6-12,17H,13-14H2,1-5H3. The van der Waals surface area contributed by atoms with E-state index in [1.165, 1.54) is 10.8 Å². The van der Waals surface area contributed by atoms with Crippen LogP contribution in [0.2, 0.25) is 18.1 Å². The van der Waals surface area contributed by atoms with Crippen LogP contribution in [-0.4, -0.2) is 14.9 Å². The molecule has 1 unspecified atom stereocenters. The summed E-state index contributed by atoms with van der Waals surface area (Å²) in [5, 5.41) is 12.2. The van der Waals surface area contributed by atoms with E-state index in [9.17, 15) is 5.26 Å². The van der Waals surface area contributed by atoms with Crippen LogP contribution in [0, 0.1) is 11.3 Å². The molecule has 0 aromatic heterocycles. The van der Waals surface area contributed by atoms with Crippen molar-refractivity contribution in [2.24, 2.45) is 0 Å². The van der Waals surface area contributed by atoms with Gasteiger partial charge in [-0.2, -0.15) is 5.26 Å². The van der Waals surface area contributed by atoms with Gasteiger partial charge in [-0.15, -0.1) is 0 Å². The first-order chi connectivity index (χ1) is 10.8. The predicted molar refractivity (Wildman–Crippen MR) is 100 cm³/mol. The second-order valence-electron chi connectivity index (χ2n) is 7.65. The van der Waals surface area contributed by atoms with Crippen LogP contribution in [0.4, 0.5) is 0 Å². The van der Waals surface area contributed by atoms with Crippen LogP contribution in [0.3, 0.4) is 0 Å². The SMILES string of the molecule is CC(C)(C)[Si](C)(C)OCCC(C#N)c1cccc2ccccc12. The molecule has 0 N–H and O–H groups in total. The predicted octanol–water partition coefficient (Wildman–Crippen LogP) is 5.86. The minimum absolute atomic E-state index is 0.120. The Hall–Kier alpha value is -1.63. The van der Waals surface area contributed by atoms with Crippen molar-refractivity contribution in [1.29, 1.82) is 5.26 Å². The van der Waals surface area contributed by atoms with Gasteiger partial charge in [-0.25, -0.2) is 0 Å². The van der Waals surface area contributed by atoms with Crippen molar-refractivity contribution in [2.45, 2.75) is 51.2 Å². The highest BCUT2D eigenvalue weighted by Gasteiger charge is 2.37. The summed E-state index contributed by atoms with van der Waals surface area (Å²) in [5.41, 5.74) is 1.12. The lowest BCUT2D eigenvalue weighted by Crippen LogP contribution is -2.41. The third kappa shape index (κ3) is 4.02. The highest BCUT2D eigenvalue weighted by atomic mass is 28.4. The lowest BCUT2D eigenvalue weighted by Gasteiger charge is -2.36. The van der Waals surface area contributed by atoms with Gasteiger partial charge in [0.1, 0.15) is 0 Å².